The van der Waals surface area contributed by atoms with E-state index in [-0.39, 0.29) is 6.61 Å². The van der Waals surface area contributed by atoms with Crippen LogP contribution in [0.3, 0.4) is 0 Å². The number of benzene rings is 2. The second-order valence-corrected chi connectivity index (χ2v) is 4.72. The summed E-state index contributed by atoms with van der Waals surface area (Å²) in [6, 6.07) is 13.6. The molecule has 0 fully saturated rings. The Bertz CT molecular complexity index is 584. The summed E-state index contributed by atoms with van der Waals surface area (Å²) in [7, 11) is 1.63. The molecule has 2 aromatic rings. The quantitative estimate of drug-likeness (QED) is 0.820. The van der Waals surface area contributed by atoms with Gasteiger partial charge in [-0.15, -0.1) is 0 Å². The van der Waals surface area contributed by atoms with Gasteiger partial charge in [-0.2, -0.15) is 0 Å². The van der Waals surface area contributed by atoms with Crippen LogP contribution in [0.1, 0.15) is 16.7 Å². The predicted molar refractivity (Wildman–Crippen MR) is 82.4 cm³/mol. The summed E-state index contributed by atoms with van der Waals surface area (Å²) in [6.07, 6.45) is 0.589. The average Bonchev–Trinajstić information content (AvgIpc) is 2.54. The lowest BCUT2D eigenvalue weighted by atomic mass is 10.1. The Labute approximate surface area is 125 Å². The first-order valence-corrected chi connectivity index (χ1v) is 6.96. The zero-order valence-electron chi connectivity index (χ0n) is 12.2. The van der Waals surface area contributed by atoms with Gasteiger partial charge < -0.3 is 20.3 Å². The van der Waals surface area contributed by atoms with Gasteiger partial charge in [-0.1, -0.05) is 30.3 Å². The molecule has 21 heavy (non-hydrogen) atoms. The van der Waals surface area contributed by atoms with Crippen molar-refractivity contribution in [3.05, 3.63) is 59.2 Å². The summed E-state index contributed by atoms with van der Waals surface area (Å²) in [5.74, 6) is 1.58. The largest absolute Gasteiger partial charge is 0.496 e. The maximum absolute atomic E-state index is 9.07. The number of hydrogen-bond donors (Lipinski definition) is 2. The highest BCUT2D eigenvalue weighted by Crippen LogP contribution is 2.23. The Morgan fingerprint density at radius 3 is 2.57 bits per heavy atom. The maximum atomic E-state index is 9.07. The molecule has 0 radical (unpaired) electrons. The van der Waals surface area contributed by atoms with E-state index in [4.69, 9.17) is 20.3 Å². The van der Waals surface area contributed by atoms with E-state index in [0.717, 1.165) is 28.2 Å². The van der Waals surface area contributed by atoms with E-state index in [9.17, 15) is 0 Å². The van der Waals surface area contributed by atoms with Gasteiger partial charge in [-0.3, -0.25) is 0 Å². The van der Waals surface area contributed by atoms with Crippen LogP contribution in [0.5, 0.6) is 11.5 Å². The molecule has 0 amide bonds. The molecule has 0 aliphatic carbocycles. The summed E-state index contributed by atoms with van der Waals surface area (Å²) in [5.41, 5.74) is 8.66. The number of hydrogen-bond acceptors (Lipinski definition) is 4. The number of para-hydroxylation sites is 1. The van der Waals surface area contributed by atoms with Crippen molar-refractivity contribution >= 4 is 0 Å². The monoisotopic (exact) mass is 287 g/mol. The number of rotatable bonds is 7. The fourth-order valence-corrected chi connectivity index (χ4v) is 2.18. The first-order valence-electron chi connectivity index (χ1n) is 6.96. The molecular formula is C17H21NO3. The Morgan fingerprint density at radius 1 is 1.05 bits per heavy atom. The topological polar surface area (TPSA) is 64.7 Å². The van der Waals surface area contributed by atoms with Gasteiger partial charge in [0, 0.05) is 18.7 Å². The zero-order chi connectivity index (χ0) is 15.1. The highest BCUT2D eigenvalue weighted by atomic mass is 16.5. The van der Waals surface area contributed by atoms with E-state index in [0.29, 0.717) is 19.6 Å². The van der Waals surface area contributed by atoms with Crippen LogP contribution in [0, 0.1) is 0 Å². The third kappa shape index (κ3) is 3.97. The van der Waals surface area contributed by atoms with Crippen molar-refractivity contribution in [2.45, 2.75) is 19.6 Å². The number of ether oxygens (including phenoxy) is 2. The van der Waals surface area contributed by atoms with Gasteiger partial charge in [0.2, 0.25) is 0 Å². The molecule has 112 valence electrons. The molecule has 0 bridgehead atoms. The van der Waals surface area contributed by atoms with Gasteiger partial charge >= 0.3 is 0 Å². The number of nitrogens with two attached hydrogens (primary N) is 1. The van der Waals surface area contributed by atoms with E-state index >= 15 is 0 Å². The lowest BCUT2D eigenvalue weighted by molar-refractivity contribution is 0.283. The number of aliphatic hydroxyl groups is 1. The highest BCUT2D eigenvalue weighted by Gasteiger charge is 2.06. The van der Waals surface area contributed by atoms with E-state index < -0.39 is 0 Å². The normalized spacial score (nSPS) is 10.4. The van der Waals surface area contributed by atoms with Crippen LogP contribution >= 0.6 is 0 Å². The Hall–Kier alpha value is -2.04. The van der Waals surface area contributed by atoms with Gasteiger partial charge in [0.1, 0.15) is 18.1 Å². The average molecular weight is 287 g/mol. The summed E-state index contributed by atoms with van der Waals surface area (Å²) in [6.45, 7) is 1.01. The van der Waals surface area contributed by atoms with E-state index in [1.54, 1.807) is 7.11 Å². The molecule has 2 aromatic carbocycles. The zero-order valence-corrected chi connectivity index (χ0v) is 12.2. The third-order valence-electron chi connectivity index (χ3n) is 3.32. The Morgan fingerprint density at radius 2 is 1.86 bits per heavy atom. The summed E-state index contributed by atoms with van der Waals surface area (Å²) >= 11 is 0. The van der Waals surface area contributed by atoms with Crippen molar-refractivity contribution in [1.82, 2.24) is 0 Å². The van der Waals surface area contributed by atoms with E-state index in [1.807, 2.05) is 42.5 Å². The van der Waals surface area contributed by atoms with Crippen LogP contribution in [-0.4, -0.2) is 18.8 Å². The highest BCUT2D eigenvalue weighted by molar-refractivity contribution is 5.38. The Kier molecular flexibility index (Phi) is 5.60. The van der Waals surface area contributed by atoms with Gasteiger partial charge in [0.25, 0.3) is 0 Å². The fourth-order valence-electron chi connectivity index (χ4n) is 2.18. The van der Waals surface area contributed by atoms with Crippen molar-refractivity contribution in [3.63, 3.8) is 0 Å². The molecule has 0 aromatic heterocycles. The minimum Gasteiger partial charge on any atom is -0.496 e. The maximum Gasteiger partial charge on any atom is 0.123 e. The molecule has 0 spiro atoms. The molecule has 0 aliphatic heterocycles. The molecule has 3 N–H and O–H groups in total. The molecule has 0 saturated heterocycles. The standard InChI is InChI=1S/C17H21NO3/c1-20-17-10-13(6-7-15(17)11-18)12-21-16-5-3-2-4-14(16)8-9-19/h2-7,10,19H,8-9,11-12,18H2,1H3. The molecular weight excluding hydrogens is 266 g/mol. The second-order valence-electron chi connectivity index (χ2n) is 4.72. The molecule has 4 nitrogen and oxygen atoms in total. The predicted octanol–water partition coefficient (Wildman–Crippen LogP) is 2.27. The Balaban J connectivity index is 2.09. The summed E-state index contributed by atoms with van der Waals surface area (Å²) in [4.78, 5) is 0. The van der Waals surface area contributed by atoms with Crippen LogP contribution in [-0.2, 0) is 19.6 Å². The smallest absolute Gasteiger partial charge is 0.123 e. The van der Waals surface area contributed by atoms with Gasteiger partial charge in [-0.25, -0.2) is 0 Å². The van der Waals surface area contributed by atoms with E-state index in [2.05, 4.69) is 0 Å². The van der Waals surface area contributed by atoms with Crippen LogP contribution in [0.4, 0.5) is 0 Å². The lowest BCUT2D eigenvalue weighted by Gasteiger charge is -2.12. The van der Waals surface area contributed by atoms with Crippen LogP contribution in [0.15, 0.2) is 42.5 Å². The minimum absolute atomic E-state index is 0.111. The first-order chi connectivity index (χ1) is 10.3. The molecule has 0 unspecified atom stereocenters. The first kappa shape index (κ1) is 15.4. The molecule has 0 heterocycles. The second kappa shape index (κ2) is 7.67. The van der Waals surface area contributed by atoms with Crippen molar-refractivity contribution in [2.24, 2.45) is 5.73 Å². The number of methoxy groups -OCH3 is 1. The lowest BCUT2D eigenvalue weighted by Crippen LogP contribution is -2.03. The van der Waals surface area contributed by atoms with E-state index in [1.165, 1.54) is 0 Å². The molecule has 4 heteroatoms. The minimum atomic E-state index is 0.111. The molecule has 2 rings (SSSR count). The SMILES string of the molecule is COc1cc(COc2ccccc2CCO)ccc1CN. The van der Waals surface area contributed by atoms with Gasteiger partial charge in [0.05, 0.1) is 7.11 Å². The summed E-state index contributed by atoms with van der Waals surface area (Å²) < 4.78 is 11.2. The third-order valence-corrected chi connectivity index (χ3v) is 3.32. The van der Waals surface area contributed by atoms with Crippen molar-refractivity contribution in [2.75, 3.05) is 13.7 Å². The van der Waals surface area contributed by atoms with Crippen molar-refractivity contribution in [1.29, 1.82) is 0 Å². The fraction of sp³-hybridized carbons (Fsp3) is 0.294. The van der Waals surface area contributed by atoms with Crippen molar-refractivity contribution < 1.29 is 14.6 Å². The van der Waals surface area contributed by atoms with Crippen LogP contribution in [0.2, 0.25) is 0 Å². The van der Waals surface area contributed by atoms with Crippen LogP contribution in [0.25, 0.3) is 0 Å². The summed E-state index contributed by atoms with van der Waals surface area (Å²) in [5, 5.41) is 9.07. The molecule has 0 atom stereocenters. The molecule has 0 saturated carbocycles. The van der Waals surface area contributed by atoms with Crippen LogP contribution < -0.4 is 15.2 Å². The van der Waals surface area contributed by atoms with Crippen molar-refractivity contribution in [3.8, 4) is 11.5 Å². The van der Waals surface area contributed by atoms with Gasteiger partial charge in [0.15, 0.2) is 0 Å². The number of aliphatic hydroxyl groups excluding tert-OH is 1. The van der Waals surface area contributed by atoms with Gasteiger partial charge in [-0.05, 0) is 29.7 Å². The molecule has 0 aliphatic rings.